The molecular formula is C33H41N9O3S. The second-order valence-corrected chi connectivity index (χ2v) is 12.8. The summed E-state index contributed by atoms with van der Waals surface area (Å²) in [6, 6.07) is 10.6. The predicted octanol–water partition coefficient (Wildman–Crippen LogP) is 3.60. The Bertz CT molecular complexity index is 1650. The highest BCUT2D eigenvalue weighted by Gasteiger charge is 2.34. The molecule has 242 valence electrons. The molecule has 3 aromatic rings. The molecule has 0 radical (unpaired) electrons. The summed E-state index contributed by atoms with van der Waals surface area (Å²) in [5, 5.41) is 17.2. The lowest BCUT2D eigenvalue weighted by atomic mass is 10.0. The molecule has 2 aromatic heterocycles. The summed E-state index contributed by atoms with van der Waals surface area (Å²) >= 11 is 1.39. The Morgan fingerprint density at radius 1 is 1.15 bits per heavy atom. The van der Waals surface area contributed by atoms with Crippen LogP contribution in [0.25, 0.3) is 5.57 Å². The number of benzene rings is 1. The van der Waals surface area contributed by atoms with Crippen LogP contribution in [0, 0.1) is 16.7 Å². The van der Waals surface area contributed by atoms with Gasteiger partial charge < -0.3 is 21.1 Å². The maximum atomic E-state index is 13.7. The first-order valence-corrected chi connectivity index (χ1v) is 16.3. The van der Waals surface area contributed by atoms with Crippen molar-refractivity contribution in [2.24, 2.45) is 11.7 Å². The monoisotopic (exact) mass is 643 g/mol. The number of carbonyl (C=O) groups excluding carboxylic acids is 2. The number of nitrogen functional groups attached to an aromatic ring is 2. The van der Waals surface area contributed by atoms with Gasteiger partial charge in [0.25, 0.3) is 0 Å². The summed E-state index contributed by atoms with van der Waals surface area (Å²) in [5.74, 6) is 0.882. The lowest BCUT2D eigenvalue weighted by Crippen LogP contribution is -2.42. The molecule has 2 aliphatic heterocycles. The number of aromatic nitrogens is 2. The molecule has 0 saturated carbocycles. The van der Waals surface area contributed by atoms with Crippen molar-refractivity contribution >= 4 is 51.8 Å². The summed E-state index contributed by atoms with van der Waals surface area (Å²) in [5.41, 5.74) is 14.4. The molecule has 1 atom stereocenters. The van der Waals surface area contributed by atoms with Crippen molar-refractivity contribution < 1.29 is 14.3 Å². The number of nitrogens with one attached hydrogen (secondary N) is 2. The average Bonchev–Trinajstić information content (AvgIpc) is 3.73. The third-order valence-corrected chi connectivity index (χ3v) is 9.22. The van der Waals surface area contributed by atoms with Gasteiger partial charge in [-0.25, -0.2) is 9.97 Å². The van der Waals surface area contributed by atoms with E-state index in [2.05, 4.69) is 9.97 Å². The van der Waals surface area contributed by atoms with E-state index in [1.807, 2.05) is 48.8 Å². The highest BCUT2D eigenvalue weighted by Crippen LogP contribution is 2.28. The van der Waals surface area contributed by atoms with Crippen LogP contribution in [0.15, 0.2) is 48.7 Å². The summed E-state index contributed by atoms with van der Waals surface area (Å²) in [7, 11) is 0. The molecule has 2 amide bonds. The molecule has 12 nitrogen and oxygen atoms in total. The van der Waals surface area contributed by atoms with Gasteiger partial charge in [-0.3, -0.25) is 30.2 Å². The van der Waals surface area contributed by atoms with E-state index in [4.69, 9.17) is 27.0 Å². The van der Waals surface area contributed by atoms with Gasteiger partial charge >= 0.3 is 0 Å². The zero-order chi connectivity index (χ0) is 33.0. The lowest BCUT2D eigenvalue weighted by molar-refractivity contribution is -0.132. The van der Waals surface area contributed by atoms with Crippen LogP contribution in [0.2, 0.25) is 0 Å². The van der Waals surface area contributed by atoms with Crippen LogP contribution < -0.4 is 21.1 Å². The number of carbonyl (C=O) groups is 2. The molecule has 0 aliphatic carbocycles. The molecule has 1 saturated heterocycles. The first kappa shape index (κ1) is 32.8. The summed E-state index contributed by atoms with van der Waals surface area (Å²) < 4.78 is 5.71. The van der Waals surface area contributed by atoms with E-state index in [9.17, 15) is 9.59 Å². The second-order valence-electron chi connectivity index (χ2n) is 11.7. The minimum atomic E-state index is -0.267. The number of hydrogen-bond acceptors (Lipinski definition) is 10. The quantitative estimate of drug-likeness (QED) is 0.181. The molecule has 6 N–H and O–H groups in total. The Balaban J connectivity index is 1.19. The van der Waals surface area contributed by atoms with Gasteiger partial charge in [0, 0.05) is 37.9 Å². The number of anilines is 2. The first-order valence-electron chi connectivity index (χ1n) is 15.5. The summed E-state index contributed by atoms with van der Waals surface area (Å²) in [6.07, 6.45) is 5.02. The van der Waals surface area contributed by atoms with E-state index in [1.165, 1.54) is 11.3 Å². The number of likely N-dealkylation sites (tertiary alicyclic amines) is 1. The number of rotatable bonds is 11. The van der Waals surface area contributed by atoms with Gasteiger partial charge in [-0.15, -0.1) is 11.3 Å². The molecule has 4 heterocycles. The number of nitrogens with zero attached hydrogens (tertiary/aromatic N) is 5. The maximum Gasteiger partial charge on any atom is 0.237 e. The van der Waals surface area contributed by atoms with Crippen molar-refractivity contribution in [1.29, 1.82) is 10.8 Å². The molecule has 1 aromatic carbocycles. The van der Waals surface area contributed by atoms with Crippen molar-refractivity contribution in [1.82, 2.24) is 19.8 Å². The standard InChI is InChI=1S/C33H41N9O3S/c1-4-42(27-10-9-25(34)30(39-27)29(35)21-5-7-24(8-6-21)45-20(2)3)33(44)23-11-14-40(18-23)19-28(43)41-15-12-22(13-16-41)32-38-17-26(46-32)31(36)37/h5-10,12,17,20,23,35H,4,11,13-16,18-19,34H2,1-3H3,(H3,36,37)/t23-/m1/s1. The molecule has 1 fully saturated rings. The number of hydrogen-bond donors (Lipinski definition) is 4. The average molecular weight is 644 g/mol. The minimum Gasteiger partial charge on any atom is -0.491 e. The van der Waals surface area contributed by atoms with Crippen molar-refractivity contribution in [2.45, 2.75) is 39.7 Å². The van der Waals surface area contributed by atoms with E-state index in [0.717, 1.165) is 16.3 Å². The van der Waals surface area contributed by atoms with Crippen molar-refractivity contribution in [2.75, 3.05) is 49.9 Å². The number of nitrogens with two attached hydrogens (primary N) is 2. The third-order valence-electron chi connectivity index (χ3n) is 8.11. The Hall–Kier alpha value is -4.62. The van der Waals surface area contributed by atoms with E-state index in [1.54, 1.807) is 35.4 Å². The summed E-state index contributed by atoms with van der Waals surface area (Å²) in [4.78, 5) is 42.1. The highest BCUT2D eigenvalue weighted by atomic mass is 32.1. The van der Waals surface area contributed by atoms with E-state index >= 15 is 0 Å². The number of ether oxygens (including phenoxy) is 1. The van der Waals surface area contributed by atoms with Crippen LogP contribution in [0.3, 0.4) is 0 Å². The first-order chi connectivity index (χ1) is 22.0. The van der Waals surface area contributed by atoms with Crippen LogP contribution in [-0.2, 0) is 9.59 Å². The van der Waals surface area contributed by atoms with Crippen molar-refractivity contribution in [3.8, 4) is 5.75 Å². The van der Waals surface area contributed by atoms with Gasteiger partial charge in [-0.2, -0.15) is 0 Å². The predicted molar refractivity (Wildman–Crippen MR) is 182 cm³/mol. The zero-order valence-corrected chi connectivity index (χ0v) is 27.3. The fourth-order valence-corrected chi connectivity index (χ4v) is 6.52. The fourth-order valence-electron chi connectivity index (χ4n) is 5.68. The van der Waals surface area contributed by atoms with Gasteiger partial charge in [0.05, 0.1) is 34.8 Å². The minimum absolute atomic E-state index is 0.00575. The van der Waals surface area contributed by atoms with Crippen LogP contribution in [-0.4, -0.2) is 88.5 Å². The number of thiazole rings is 1. The molecule has 0 spiro atoms. The molecule has 2 aliphatic rings. The largest absolute Gasteiger partial charge is 0.491 e. The molecule has 0 bridgehead atoms. The second kappa shape index (κ2) is 14.2. The molecular weight excluding hydrogens is 602 g/mol. The van der Waals surface area contributed by atoms with Gasteiger partial charge in [0.2, 0.25) is 11.8 Å². The summed E-state index contributed by atoms with van der Waals surface area (Å²) in [6.45, 7) is 8.72. The molecule has 13 heteroatoms. The number of amides is 2. The Morgan fingerprint density at radius 2 is 1.91 bits per heavy atom. The van der Waals surface area contributed by atoms with Gasteiger partial charge in [-0.05, 0) is 82.1 Å². The zero-order valence-electron chi connectivity index (χ0n) is 26.5. The number of pyridine rings is 1. The number of amidine groups is 1. The van der Waals surface area contributed by atoms with E-state index in [0.29, 0.717) is 73.2 Å². The SMILES string of the molecule is CCN(C(=O)[C@@H]1CCN(CC(=O)N2CC=C(c3ncc(C(=N)N)s3)CC2)C1)c1ccc(N)c(C(=N)c2ccc(OC(C)C)cc2)n1. The smallest absolute Gasteiger partial charge is 0.237 e. The molecule has 5 rings (SSSR count). The van der Waals surface area contributed by atoms with Crippen LogP contribution in [0.4, 0.5) is 11.5 Å². The van der Waals surface area contributed by atoms with Gasteiger partial charge in [-0.1, -0.05) is 6.08 Å². The Kier molecular flexibility index (Phi) is 10.1. The molecule has 0 unspecified atom stereocenters. The molecule has 46 heavy (non-hydrogen) atoms. The van der Waals surface area contributed by atoms with Crippen LogP contribution in [0.1, 0.15) is 54.8 Å². The van der Waals surface area contributed by atoms with Crippen molar-refractivity contribution in [3.05, 3.63) is 69.8 Å². The third kappa shape index (κ3) is 7.43. The Labute approximate surface area is 273 Å². The van der Waals surface area contributed by atoms with E-state index in [-0.39, 0.29) is 41.9 Å². The van der Waals surface area contributed by atoms with Crippen LogP contribution in [0.5, 0.6) is 5.75 Å². The van der Waals surface area contributed by atoms with Crippen molar-refractivity contribution in [3.63, 3.8) is 0 Å². The normalized spacial score (nSPS) is 16.7. The Morgan fingerprint density at radius 3 is 2.54 bits per heavy atom. The highest BCUT2D eigenvalue weighted by molar-refractivity contribution is 7.14. The van der Waals surface area contributed by atoms with Crippen LogP contribution >= 0.6 is 11.3 Å². The topological polar surface area (TPSA) is 179 Å². The van der Waals surface area contributed by atoms with Gasteiger partial charge in [0.1, 0.15) is 28.1 Å². The maximum absolute atomic E-state index is 13.7. The fraction of sp³-hybridized carbons (Fsp3) is 0.394. The lowest BCUT2D eigenvalue weighted by Gasteiger charge is -2.28. The van der Waals surface area contributed by atoms with E-state index < -0.39 is 0 Å². The van der Waals surface area contributed by atoms with Gasteiger partial charge in [0.15, 0.2) is 0 Å².